The van der Waals surface area contributed by atoms with Crippen molar-refractivity contribution >= 4 is 52.3 Å². The highest BCUT2D eigenvalue weighted by atomic mass is 127. The van der Waals surface area contributed by atoms with Gasteiger partial charge in [-0.2, -0.15) is 0 Å². The summed E-state index contributed by atoms with van der Waals surface area (Å²) in [5.41, 5.74) is 1.09. The van der Waals surface area contributed by atoms with Gasteiger partial charge in [0.25, 0.3) is 0 Å². The highest BCUT2D eigenvalue weighted by molar-refractivity contribution is 14.0. The standard InChI is InChI=1S/C19H24ClN3OS.HI/c1-3-21-19(23-15(2)16-8-7-9-17(20)14-16)22-12-13-25(24)18-10-5-4-6-11-18;/h4-11,14-15H,3,12-13H2,1-2H3,(H2,21,22,23);1H. The zero-order valence-corrected chi connectivity index (χ0v) is 18.8. The Morgan fingerprint density at radius 3 is 2.58 bits per heavy atom. The lowest BCUT2D eigenvalue weighted by molar-refractivity contribution is 0.680. The summed E-state index contributed by atoms with van der Waals surface area (Å²) in [7, 11) is -1.04. The first-order chi connectivity index (χ1) is 12.1. The summed E-state index contributed by atoms with van der Waals surface area (Å²) >= 11 is 6.06. The molecular formula is C19H25ClIN3OS. The van der Waals surface area contributed by atoms with E-state index in [1.54, 1.807) is 0 Å². The first-order valence-electron chi connectivity index (χ1n) is 8.34. The van der Waals surface area contributed by atoms with Gasteiger partial charge in [-0.05, 0) is 43.7 Å². The first kappa shape index (κ1) is 22.9. The van der Waals surface area contributed by atoms with Crippen LogP contribution in [-0.2, 0) is 10.8 Å². The molecule has 2 aromatic carbocycles. The molecule has 0 heterocycles. The van der Waals surface area contributed by atoms with E-state index in [1.165, 1.54) is 0 Å². The van der Waals surface area contributed by atoms with Crippen LogP contribution >= 0.6 is 35.6 Å². The second kappa shape index (κ2) is 12.3. The number of hydrogen-bond acceptors (Lipinski definition) is 2. The summed E-state index contributed by atoms with van der Waals surface area (Å²) < 4.78 is 12.3. The third-order valence-corrected chi connectivity index (χ3v) is 5.19. The molecule has 4 nitrogen and oxygen atoms in total. The predicted octanol–water partition coefficient (Wildman–Crippen LogP) is 4.38. The second-order valence-corrected chi connectivity index (χ2v) is 7.55. The Labute approximate surface area is 180 Å². The zero-order chi connectivity index (χ0) is 18.1. The van der Waals surface area contributed by atoms with Crippen LogP contribution in [0.5, 0.6) is 0 Å². The Morgan fingerprint density at radius 1 is 1.19 bits per heavy atom. The maximum absolute atomic E-state index is 12.3. The molecule has 0 aliphatic heterocycles. The van der Waals surface area contributed by atoms with E-state index in [-0.39, 0.29) is 30.0 Å². The average molecular weight is 506 g/mol. The molecule has 2 aromatic rings. The van der Waals surface area contributed by atoms with Crippen LogP contribution in [-0.4, -0.2) is 29.0 Å². The lowest BCUT2D eigenvalue weighted by Gasteiger charge is -2.18. The topological polar surface area (TPSA) is 53.5 Å². The molecule has 0 radical (unpaired) electrons. The molecule has 0 saturated heterocycles. The molecule has 0 saturated carbocycles. The van der Waals surface area contributed by atoms with Crippen LogP contribution in [0.3, 0.4) is 0 Å². The molecule has 2 rings (SSSR count). The van der Waals surface area contributed by atoms with E-state index in [0.717, 1.165) is 17.0 Å². The quantitative estimate of drug-likeness (QED) is 0.334. The van der Waals surface area contributed by atoms with E-state index < -0.39 is 10.8 Å². The summed E-state index contributed by atoms with van der Waals surface area (Å²) in [6, 6.07) is 17.3. The summed E-state index contributed by atoms with van der Waals surface area (Å²) in [5.74, 6) is 1.20. The maximum Gasteiger partial charge on any atom is 0.191 e. The van der Waals surface area contributed by atoms with Crippen molar-refractivity contribution in [2.45, 2.75) is 24.8 Å². The number of nitrogens with zero attached hydrogens (tertiary/aromatic N) is 1. The molecular weight excluding hydrogens is 481 g/mol. The number of guanidine groups is 1. The van der Waals surface area contributed by atoms with Crippen molar-refractivity contribution in [3.8, 4) is 0 Å². The smallest absolute Gasteiger partial charge is 0.191 e. The number of aliphatic imine (C=N–C) groups is 1. The van der Waals surface area contributed by atoms with Gasteiger partial charge in [-0.3, -0.25) is 9.20 Å². The second-order valence-electron chi connectivity index (χ2n) is 5.54. The Balaban J connectivity index is 0.00000338. The average Bonchev–Trinajstić information content (AvgIpc) is 2.62. The minimum absolute atomic E-state index is 0. The van der Waals surface area contributed by atoms with Crippen molar-refractivity contribution in [1.29, 1.82) is 0 Å². The van der Waals surface area contributed by atoms with Crippen LogP contribution in [0.25, 0.3) is 0 Å². The van der Waals surface area contributed by atoms with E-state index in [2.05, 4.69) is 22.5 Å². The van der Waals surface area contributed by atoms with Gasteiger partial charge in [-0.1, -0.05) is 41.9 Å². The summed E-state index contributed by atoms with van der Waals surface area (Å²) in [6.07, 6.45) is 0. The number of nitrogens with one attached hydrogen (secondary N) is 2. The van der Waals surface area contributed by atoms with Crippen LogP contribution in [0.4, 0.5) is 0 Å². The Kier molecular flexibility index (Phi) is 10.8. The third-order valence-electron chi connectivity index (χ3n) is 3.60. The van der Waals surface area contributed by atoms with Gasteiger partial charge < -0.3 is 10.6 Å². The van der Waals surface area contributed by atoms with Gasteiger partial charge in [-0.15, -0.1) is 24.0 Å². The summed E-state index contributed by atoms with van der Waals surface area (Å²) in [4.78, 5) is 5.37. The van der Waals surface area contributed by atoms with E-state index >= 15 is 0 Å². The Bertz CT molecular complexity index is 728. The monoisotopic (exact) mass is 505 g/mol. The molecule has 0 spiro atoms. The van der Waals surface area contributed by atoms with Gasteiger partial charge >= 0.3 is 0 Å². The van der Waals surface area contributed by atoms with Gasteiger partial charge in [0.2, 0.25) is 0 Å². The molecule has 0 aliphatic carbocycles. The molecule has 2 unspecified atom stereocenters. The van der Waals surface area contributed by atoms with Gasteiger partial charge in [0.1, 0.15) is 0 Å². The van der Waals surface area contributed by atoms with Gasteiger partial charge in [-0.25, -0.2) is 0 Å². The van der Waals surface area contributed by atoms with Crippen molar-refractivity contribution < 1.29 is 4.21 Å². The van der Waals surface area contributed by atoms with Gasteiger partial charge in [0.05, 0.1) is 23.4 Å². The third kappa shape index (κ3) is 7.63. The summed E-state index contributed by atoms with van der Waals surface area (Å²) in [5, 5.41) is 7.29. The van der Waals surface area contributed by atoms with Crippen LogP contribution in [0.2, 0.25) is 5.02 Å². The molecule has 0 aliphatic rings. The molecule has 7 heteroatoms. The van der Waals surface area contributed by atoms with Gasteiger partial charge in [0.15, 0.2) is 5.96 Å². The molecule has 26 heavy (non-hydrogen) atoms. The fraction of sp³-hybridized carbons (Fsp3) is 0.316. The van der Waals surface area contributed by atoms with E-state index in [9.17, 15) is 4.21 Å². The highest BCUT2D eigenvalue weighted by Gasteiger charge is 2.08. The fourth-order valence-corrected chi connectivity index (χ4v) is 3.47. The number of halogens is 2. The van der Waals surface area contributed by atoms with Crippen molar-refractivity contribution in [1.82, 2.24) is 10.6 Å². The molecule has 0 aromatic heterocycles. The van der Waals surface area contributed by atoms with Crippen LogP contribution in [0.15, 0.2) is 64.5 Å². The SMILES string of the molecule is CCNC(=NCCS(=O)c1ccccc1)NC(C)c1cccc(Cl)c1.I. The molecule has 0 bridgehead atoms. The molecule has 0 fully saturated rings. The van der Waals surface area contributed by atoms with Crippen molar-refractivity contribution in [3.63, 3.8) is 0 Å². The van der Waals surface area contributed by atoms with Crippen LogP contribution in [0.1, 0.15) is 25.5 Å². The molecule has 2 N–H and O–H groups in total. The van der Waals surface area contributed by atoms with Crippen LogP contribution < -0.4 is 10.6 Å². The first-order valence-corrected chi connectivity index (χ1v) is 10.0. The largest absolute Gasteiger partial charge is 0.357 e. The normalized spacial score (nSPS) is 13.4. The number of benzene rings is 2. The fourth-order valence-electron chi connectivity index (χ4n) is 2.31. The minimum Gasteiger partial charge on any atom is -0.357 e. The van der Waals surface area contributed by atoms with Crippen molar-refractivity contribution in [2.75, 3.05) is 18.8 Å². The zero-order valence-electron chi connectivity index (χ0n) is 14.9. The van der Waals surface area contributed by atoms with Crippen LogP contribution in [0, 0.1) is 0 Å². The summed E-state index contributed by atoms with van der Waals surface area (Å²) in [6.45, 7) is 5.32. The Hall–Kier alpha value is -1.12. The molecule has 142 valence electrons. The maximum atomic E-state index is 12.3. The minimum atomic E-state index is -1.04. The molecule has 2 atom stereocenters. The van der Waals surface area contributed by atoms with Crippen molar-refractivity contribution in [3.05, 3.63) is 65.2 Å². The Morgan fingerprint density at radius 2 is 1.92 bits per heavy atom. The molecule has 0 amide bonds. The lowest BCUT2D eigenvalue weighted by Crippen LogP contribution is -2.39. The number of rotatable bonds is 7. The van der Waals surface area contributed by atoms with Gasteiger partial charge in [0, 0.05) is 22.2 Å². The lowest BCUT2D eigenvalue weighted by atomic mass is 10.1. The highest BCUT2D eigenvalue weighted by Crippen LogP contribution is 2.17. The number of hydrogen-bond donors (Lipinski definition) is 2. The van der Waals surface area contributed by atoms with E-state index in [1.807, 2.05) is 61.5 Å². The van der Waals surface area contributed by atoms with E-state index in [0.29, 0.717) is 23.3 Å². The van der Waals surface area contributed by atoms with E-state index in [4.69, 9.17) is 11.6 Å². The van der Waals surface area contributed by atoms with Crippen molar-refractivity contribution in [2.24, 2.45) is 4.99 Å². The predicted molar refractivity (Wildman–Crippen MR) is 122 cm³/mol.